The summed E-state index contributed by atoms with van der Waals surface area (Å²) >= 11 is 3.15. The van der Waals surface area contributed by atoms with Crippen molar-refractivity contribution in [3.8, 4) is 0 Å². The molecule has 2 aromatic carbocycles. The van der Waals surface area contributed by atoms with Gasteiger partial charge >= 0.3 is 0 Å². The highest BCUT2D eigenvalue weighted by atomic mass is 79.9. The summed E-state index contributed by atoms with van der Waals surface area (Å²) in [6.07, 6.45) is 0. The second-order valence-electron chi connectivity index (χ2n) is 4.86. The van der Waals surface area contributed by atoms with Gasteiger partial charge in [-0.05, 0) is 71.6 Å². The lowest BCUT2D eigenvalue weighted by atomic mass is 10.00. The normalized spacial score (nSPS) is 10.6. The molecular weight excluding hydrogens is 305 g/mol. The molecule has 100 valence electrons. The number of halogens is 2. The molecule has 0 radical (unpaired) electrons. The number of aryl methyl sites for hydroxylation is 3. The number of nitrogens with one attached hydrogen (secondary N) is 1. The van der Waals surface area contributed by atoms with Crippen molar-refractivity contribution in [3.63, 3.8) is 0 Å². The molecule has 0 unspecified atom stereocenters. The van der Waals surface area contributed by atoms with E-state index in [-0.39, 0.29) is 5.82 Å². The first-order valence-corrected chi connectivity index (χ1v) is 7.02. The Balaban J connectivity index is 2.16. The van der Waals surface area contributed by atoms with Gasteiger partial charge in [0.1, 0.15) is 5.82 Å². The zero-order valence-corrected chi connectivity index (χ0v) is 12.9. The number of anilines is 1. The van der Waals surface area contributed by atoms with E-state index >= 15 is 0 Å². The van der Waals surface area contributed by atoms with Gasteiger partial charge < -0.3 is 5.32 Å². The number of benzene rings is 2. The highest BCUT2D eigenvalue weighted by molar-refractivity contribution is 9.10. The van der Waals surface area contributed by atoms with E-state index in [4.69, 9.17) is 0 Å². The maximum Gasteiger partial charge on any atom is 0.139 e. The standard InChI is InChI=1S/C16H17BrFN/c1-10-6-11(2)14(12(3)7-10)9-19-13-4-5-15(17)16(18)8-13/h4-8,19H,9H2,1-3H3. The molecule has 0 amide bonds. The first kappa shape index (κ1) is 14.1. The topological polar surface area (TPSA) is 12.0 Å². The van der Waals surface area contributed by atoms with Crippen molar-refractivity contribution >= 4 is 21.6 Å². The van der Waals surface area contributed by atoms with Crippen molar-refractivity contribution in [2.24, 2.45) is 0 Å². The van der Waals surface area contributed by atoms with E-state index in [9.17, 15) is 4.39 Å². The van der Waals surface area contributed by atoms with E-state index in [1.54, 1.807) is 6.07 Å². The molecule has 0 aliphatic rings. The average Bonchev–Trinajstić information content (AvgIpc) is 2.32. The minimum atomic E-state index is -0.248. The van der Waals surface area contributed by atoms with Gasteiger partial charge in [-0.3, -0.25) is 0 Å². The van der Waals surface area contributed by atoms with E-state index in [2.05, 4.69) is 54.2 Å². The lowest BCUT2D eigenvalue weighted by Gasteiger charge is -2.13. The minimum absolute atomic E-state index is 0.248. The van der Waals surface area contributed by atoms with Crippen LogP contribution in [0, 0.1) is 26.6 Å². The molecule has 0 bridgehead atoms. The van der Waals surface area contributed by atoms with Crippen LogP contribution in [0.4, 0.5) is 10.1 Å². The van der Waals surface area contributed by atoms with Crippen LogP contribution in [0.3, 0.4) is 0 Å². The zero-order chi connectivity index (χ0) is 14.0. The van der Waals surface area contributed by atoms with Gasteiger partial charge in [0, 0.05) is 12.2 Å². The largest absolute Gasteiger partial charge is 0.381 e. The van der Waals surface area contributed by atoms with Crippen LogP contribution in [-0.2, 0) is 6.54 Å². The fourth-order valence-corrected chi connectivity index (χ4v) is 2.53. The van der Waals surface area contributed by atoms with Gasteiger partial charge in [0.05, 0.1) is 4.47 Å². The van der Waals surface area contributed by atoms with E-state index in [1.807, 2.05) is 6.07 Å². The molecule has 0 aliphatic carbocycles. The molecule has 19 heavy (non-hydrogen) atoms. The molecule has 1 N–H and O–H groups in total. The Morgan fingerprint density at radius 3 is 2.26 bits per heavy atom. The molecule has 0 aliphatic heterocycles. The summed E-state index contributed by atoms with van der Waals surface area (Å²) in [6, 6.07) is 9.43. The first-order chi connectivity index (χ1) is 8.97. The molecule has 0 heterocycles. The summed E-state index contributed by atoms with van der Waals surface area (Å²) < 4.78 is 13.9. The van der Waals surface area contributed by atoms with E-state index in [0.717, 1.165) is 5.69 Å². The molecule has 2 aromatic rings. The summed E-state index contributed by atoms with van der Waals surface area (Å²) in [5, 5.41) is 3.27. The molecule has 1 nitrogen and oxygen atoms in total. The fourth-order valence-electron chi connectivity index (χ4n) is 2.29. The Bertz CT molecular complexity index is 585. The first-order valence-electron chi connectivity index (χ1n) is 6.23. The quantitative estimate of drug-likeness (QED) is 0.826. The maximum absolute atomic E-state index is 13.4. The van der Waals surface area contributed by atoms with Crippen LogP contribution >= 0.6 is 15.9 Å². The van der Waals surface area contributed by atoms with Gasteiger partial charge in [0.25, 0.3) is 0 Å². The minimum Gasteiger partial charge on any atom is -0.381 e. The van der Waals surface area contributed by atoms with Crippen molar-refractivity contribution in [2.45, 2.75) is 27.3 Å². The summed E-state index contributed by atoms with van der Waals surface area (Å²) in [5.74, 6) is -0.248. The molecular formula is C16H17BrFN. The third kappa shape index (κ3) is 3.35. The maximum atomic E-state index is 13.4. The van der Waals surface area contributed by atoms with Crippen molar-refractivity contribution < 1.29 is 4.39 Å². The summed E-state index contributed by atoms with van der Waals surface area (Å²) in [5.41, 5.74) is 5.87. The fraction of sp³-hybridized carbons (Fsp3) is 0.250. The van der Waals surface area contributed by atoms with Crippen LogP contribution in [-0.4, -0.2) is 0 Å². The van der Waals surface area contributed by atoms with Gasteiger partial charge in [-0.1, -0.05) is 17.7 Å². The Hall–Kier alpha value is -1.35. The molecule has 0 spiro atoms. The molecule has 0 atom stereocenters. The van der Waals surface area contributed by atoms with Crippen molar-refractivity contribution in [1.29, 1.82) is 0 Å². The smallest absolute Gasteiger partial charge is 0.139 e. The highest BCUT2D eigenvalue weighted by Gasteiger charge is 2.05. The van der Waals surface area contributed by atoms with Crippen LogP contribution in [0.1, 0.15) is 22.3 Å². The second kappa shape index (κ2) is 5.74. The Morgan fingerprint density at radius 1 is 1.05 bits per heavy atom. The third-order valence-electron chi connectivity index (χ3n) is 3.23. The van der Waals surface area contributed by atoms with Crippen LogP contribution in [0.5, 0.6) is 0 Å². The summed E-state index contributed by atoms with van der Waals surface area (Å²) in [6.45, 7) is 7.03. The van der Waals surface area contributed by atoms with Gasteiger partial charge in [-0.15, -0.1) is 0 Å². The van der Waals surface area contributed by atoms with Gasteiger partial charge in [0.15, 0.2) is 0 Å². The predicted molar refractivity (Wildman–Crippen MR) is 82.1 cm³/mol. The number of hydrogen-bond donors (Lipinski definition) is 1. The van der Waals surface area contributed by atoms with Crippen LogP contribution in [0.2, 0.25) is 0 Å². The van der Waals surface area contributed by atoms with Crippen molar-refractivity contribution in [1.82, 2.24) is 0 Å². The second-order valence-corrected chi connectivity index (χ2v) is 5.71. The Labute approximate surface area is 122 Å². The predicted octanol–water partition coefficient (Wildman–Crippen LogP) is 5.13. The zero-order valence-electron chi connectivity index (χ0n) is 11.3. The SMILES string of the molecule is Cc1cc(C)c(CNc2ccc(Br)c(F)c2)c(C)c1. The lowest BCUT2D eigenvalue weighted by Crippen LogP contribution is -2.04. The molecule has 0 fully saturated rings. The molecule has 2 rings (SSSR count). The highest BCUT2D eigenvalue weighted by Crippen LogP contribution is 2.21. The lowest BCUT2D eigenvalue weighted by molar-refractivity contribution is 0.621. The number of hydrogen-bond acceptors (Lipinski definition) is 1. The van der Waals surface area contributed by atoms with Gasteiger partial charge in [-0.2, -0.15) is 0 Å². The van der Waals surface area contributed by atoms with E-state index < -0.39 is 0 Å². The monoisotopic (exact) mass is 321 g/mol. The number of rotatable bonds is 3. The van der Waals surface area contributed by atoms with Crippen molar-refractivity contribution in [3.05, 3.63) is 62.9 Å². The third-order valence-corrected chi connectivity index (χ3v) is 3.87. The van der Waals surface area contributed by atoms with Crippen LogP contribution < -0.4 is 5.32 Å². The van der Waals surface area contributed by atoms with Gasteiger partial charge in [-0.25, -0.2) is 4.39 Å². The van der Waals surface area contributed by atoms with Crippen LogP contribution in [0.15, 0.2) is 34.8 Å². The Morgan fingerprint density at radius 2 is 1.68 bits per heavy atom. The molecule has 0 saturated carbocycles. The summed E-state index contributed by atoms with van der Waals surface area (Å²) in [7, 11) is 0. The molecule has 3 heteroatoms. The van der Waals surface area contributed by atoms with E-state index in [0.29, 0.717) is 11.0 Å². The molecule has 0 saturated heterocycles. The van der Waals surface area contributed by atoms with Crippen LogP contribution in [0.25, 0.3) is 0 Å². The van der Waals surface area contributed by atoms with E-state index in [1.165, 1.54) is 28.3 Å². The molecule has 0 aromatic heterocycles. The summed E-state index contributed by atoms with van der Waals surface area (Å²) in [4.78, 5) is 0. The average molecular weight is 322 g/mol. The van der Waals surface area contributed by atoms with Crippen molar-refractivity contribution in [2.75, 3.05) is 5.32 Å². The van der Waals surface area contributed by atoms with Gasteiger partial charge in [0.2, 0.25) is 0 Å². The Kier molecular flexibility index (Phi) is 4.25.